The maximum atomic E-state index is 12.9. The zero-order valence-corrected chi connectivity index (χ0v) is 29.3. The predicted molar refractivity (Wildman–Crippen MR) is 189 cm³/mol. The molecule has 3 aromatic rings. The number of benzene rings is 3. The first-order valence-electron chi connectivity index (χ1n) is 17.8. The molecule has 0 unspecified atom stereocenters. The summed E-state index contributed by atoms with van der Waals surface area (Å²) in [6, 6.07) is 22.5. The van der Waals surface area contributed by atoms with Crippen LogP contribution in [0, 0.1) is 5.92 Å². The minimum atomic E-state index is -1.26. The molecule has 51 heavy (non-hydrogen) atoms. The van der Waals surface area contributed by atoms with Crippen molar-refractivity contribution in [3.05, 3.63) is 102 Å². The van der Waals surface area contributed by atoms with Crippen molar-refractivity contribution in [2.24, 2.45) is 5.92 Å². The second-order valence-corrected chi connectivity index (χ2v) is 12.7. The SMILES string of the molecule is C=CC(=O)OCCCCC1CCC(c2ccc(-c3ccc(C(=O)Oc4ccc(C5O[C@@H](C(=O)OCC)[C@H](C(=O)OCC)O5)cc4)cc3)cc2)CC1. The molecule has 270 valence electrons. The van der Waals surface area contributed by atoms with Gasteiger partial charge in [0.25, 0.3) is 0 Å². The maximum absolute atomic E-state index is 12.9. The van der Waals surface area contributed by atoms with Crippen LogP contribution in [-0.4, -0.2) is 55.9 Å². The minimum Gasteiger partial charge on any atom is -0.464 e. The van der Waals surface area contributed by atoms with Gasteiger partial charge in [-0.25, -0.2) is 19.2 Å². The topological polar surface area (TPSA) is 124 Å². The zero-order chi connectivity index (χ0) is 36.2. The minimum absolute atomic E-state index is 0.124. The van der Waals surface area contributed by atoms with Crippen LogP contribution >= 0.6 is 0 Å². The van der Waals surface area contributed by atoms with Crippen LogP contribution in [0.3, 0.4) is 0 Å². The molecule has 10 nitrogen and oxygen atoms in total. The Labute approximate surface area is 299 Å². The quantitative estimate of drug-likeness (QED) is 0.0514. The number of esters is 4. The highest BCUT2D eigenvalue weighted by Crippen LogP contribution is 2.38. The Morgan fingerprint density at radius 2 is 1.25 bits per heavy atom. The first-order valence-corrected chi connectivity index (χ1v) is 17.8. The van der Waals surface area contributed by atoms with Crippen molar-refractivity contribution in [1.29, 1.82) is 0 Å². The summed E-state index contributed by atoms with van der Waals surface area (Å²) in [7, 11) is 0. The number of rotatable bonds is 15. The second-order valence-electron chi connectivity index (χ2n) is 12.7. The molecule has 3 aromatic carbocycles. The van der Waals surface area contributed by atoms with Crippen molar-refractivity contribution in [3.8, 4) is 16.9 Å². The van der Waals surface area contributed by atoms with Gasteiger partial charge in [-0.2, -0.15) is 0 Å². The fourth-order valence-electron chi connectivity index (χ4n) is 6.56. The number of ether oxygens (including phenoxy) is 6. The van der Waals surface area contributed by atoms with E-state index < -0.39 is 36.4 Å². The van der Waals surface area contributed by atoms with Crippen LogP contribution < -0.4 is 4.74 Å². The molecule has 1 heterocycles. The smallest absolute Gasteiger partial charge is 0.343 e. The summed E-state index contributed by atoms with van der Waals surface area (Å²) in [4.78, 5) is 48.9. The molecule has 10 heteroatoms. The number of unbranched alkanes of at least 4 members (excludes halogenated alkanes) is 1. The Kier molecular flexibility index (Phi) is 13.5. The Balaban J connectivity index is 1.09. The van der Waals surface area contributed by atoms with E-state index in [9.17, 15) is 19.2 Å². The van der Waals surface area contributed by atoms with Gasteiger partial charge in [0.2, 0.25) is 0 Å². The van der Waals surface area contributed by atoms with Crippen molar-refractivity contribution >= 4 is 23.9 Å². The molecule has 5 rings (SSSR count). The molecule has 0 bridgehead atoms. The van der Waals surface area contributed by atoms with Gasteiger partial charge in [-0.3, -0.25) is 0 Å². The van der Waals surface area contributed by atoms with E-state index in [1.807, 2.05) is 12.1 Å². The van der Waals surface area contributed by atoms with Gasteiger partial charge in [-0.05, 0) is 105 Å². The van der Waals surface area contributed by atoms with Gasteiger partial charge >= 0.3 is 23.9 Å². The fraction of sp³-hybridized carbons (Fsp3) is 0.415. The van der Waals surface area contributed by atoms with Crippen molar-refractivity contribution in [2.75, 3.05) is 19.8 Å². The first kappa shape index (κ1) is 37.5. The number of carbonyl (C=O) groups excluding carboxylic acids is 4. The van der Waals surface area contributed by atoms with Crippen LogP contribution in [0.4, 0.5) is 0 Å². The summed E-state index contributed by atoms with van der Waals surface area (Å²) in [5, 5.41) is 0. The highest BCUT2D eigenvalue weighted by molar-refractivity contribution is 5.91. The lowest BCUT2D eigenvalue weighted by molar-refractivity contribution is -0.163. The van der Waals surface area contributed by atoms with E-state index in [2.05, 4.69) is 30.8 Å². The van der Waals surface area contributed by atoms with E-state index in [0.29, 0.717) is 29.4 Å². The monoisotopic (exact) mass is 698 g/mol. The van der Waals surface area contributed by atoms with Crippen LogP contribution in [0.1, 0.15) is 92.5 Å². The van der Waals surface area contributed by atoms with Crippen molar-refractivity contribution in [2.45, 2.75) is 83.2 Å². The molecule has 0 aromatic heterocycles. The number of carbonyl (C=O) groups is 4. The maximum Gasteiger partial charge on any atom is 0.343 e. The van der Waals surface area contributed by atoms with Gasteiger partial charge in [0, 0.05) is 11.6 Å². The third kappa shape index (κ3) is 10.1. The standard InChI is InChI=1S/C41H46O10/c1-4-35(42)48-26-8-7-9-27-10-12-28(13-11-27)29-14-16-30(17-15-29)31-18-20-32(21-19-31)38(43)49-34-24-22-33(23-25-34)41-50-36(39(44)46-5-2)37(51-41)40(45)47-6-3/h4,14-25,27-28,36-37,41H,1,5-13,26H2,2-3H3/t27?,28?,36-,37-/m1/s1. The van der Waals surface area contributed by atoms with Crippen LogP contribution in [-0.2, 0) is 38.1 Å². The molecule has 2 fully saturated rings. The van der Waals surface area contributed by atoms with E-state index in [-0.39, 0.29) is 19.2 Å². The molecule has 2 aliphatic rings. The predicted octanol–water partition coefficient (Wildman–Crippen LogP) is 7.65. The van der Waals surface area contributed by atoms with Crippen molar-refractivity contribution < 1.29 is 47.6 Å². The Morgan fingerprint density at radius 1 is 0.706 bits per heavy atom. The van der Waals surface area contributed by atoms with Crippen molar-refractivity contribution in [3.63, 3.8) is 0 Å². The van der Waals surface area contributed by atoms with E-state index in [1.165, 1.54) is 43.7 Å². The van der Waals surface area contributed by atoms with E-state index >= 15 is 0 Å². The van der Waals surface area contributed by atoms with Gasteiger partial charge in [-0.1, -0.05) is 61.5 Å². The highest BCUT2D eigenvalue weighted by atomic mass is 16.8. The Morgan fingerprint density at radius 3 is 1.80 bits per heavy atom. The lowest BCUT2D eigenvalue weighted by Gasteiger charge is -2.29. The van der Waals surface area contributed by atoms with Gasteiger partial charge in [0.15, 0.2) is 18.5 Å². The third-order valence-corrected chi connectivity index (χ3v) is 9.32. The average Bonchev–Trinajstić information content (AvgIpc) is 3.62. The summed E-state index contributed by atoms with van der Waals surface area (Å²) in [6.07, 6.45) is 5.63. The first-order chi connectivity index (χ1) is 24.8. The van der Waals surface area contributed by atoms with Crippen LogP contribution in [0.25, 0.3) is 11.1 Å². The number of hydrogen-bond acceptors (Lipinski definition) is 10. The summed E-state index contributed by atoms with van der Waals surface area (Å²) in [6.45, 7) is 7.45. The van der Waals surface area contributed by atoms with Crippen LogP contribution in [0.15, 0.2) is 85.5 Å². The molecular formula is C41H46O10. The molecule has 2 atom stereocenters. The molecular weight excluding hydrogens is 652 g/mol. The largest absolute Gasteiger partial charge is 0.464 e. The van der Waals surface area contributed by atoms with Crippen LogP contribution in [0.2, 0.25) is 0 Å². The summed E-state index contributed by atoms with van der Waals surface area (Å²) in [5.74, 6) is -0.667. The molecule has 1 aliphatic heterocycles. The summed E-state index contributed by atoms with van der Waals surface area (Å²) >= 11 is 0. The van der Waals surface area contributed by atoms with E-state index in [1.54, 1.807) is 50.2 Å². The Bertz CT molecular complexity index is 1600. The normalized spacial score (nSPS) is 20.3. The van der Waals surface area contributed by atoms with Gasteiger partial charge in [0.05, 0.1) is 25.4 Å². The average molecular weight is 699 g/mol. The highest BCUT2D eigenvalue weighted by Gasteiger charge is 2.47. The van der Waals surface area contributed by atoms with Crippen molar-refractivity contribution in [1.82, 2.24) is 0 Å². The van der Waals surface area contributed by atoms with E-state index in [0.717, 1.165) is 29.9 Å². The van der Waals surface area contributed by atoms with Gasteiger partial charge < -0.3 is 28.4 Å². The zero-order valence-electron chi connectivity index (χ0n) is 29.3. The molecule has 0 N–H and O–H groups in total. The molecule has 1 saturated heterocycles. The van der Waals surface area contributed by atoms with E-state index in [4.69, 9.17) is 28.4 Å². The molecule has 1 aliphatic carbocycles. The van der Waals surface area contributed by atoms with Gasteiger partial charge in [-0.15, -0.1) is 0 Å². The fourth-order valence-corrected chi connectivity index (χ4v) is 6.56. The van der Waals surface area contributed by atoms with Crippen LogP contribution in [0.5, 0.6) is 5.75 Å². The van der Waals surface area contributed by atoms with Gasteiger partial charge in [0.1, 0.15) is 5.75 Å². The molecule has 0 spiro atoms. The summed E-state index contributed by atoms with van der Waals surface area (Å²) < 4.78 is 32.2. The number of hydrogen-bond donors (Lipinski definition) is 0. The lowest BCUT2D eigenvalue weighted by atomic mass is 9.77. The Hall–Kier alpha value is -4.80. The molecule has 1 saturated carbocycles. The summed E-state index contributed by atoms with van der Waals surface area (Å²) in [5.41, 5.74) is 4.38. The second kappa shape index (κ2) is 18.4. The lowest BCUT2D eigenvalue weighted by Crippen LogP contribution is -2.39. The molecule has 0 radical (unpaired) electrons. The molecule has 0 amide bonds. The third-order valence-electron chi connectivity index (χ3n) is 9.32.